The zero-order valence-corrected chi connectivity index (χ0v) is 10.6. The van der Waals surface area contributed by atoms with Crippen molar-refractivity contribution in [3.8, 4) is 0 Å². The number of esters is 2. The molecule has 2 bridgehead atoms. The quantitative estimate of drug-likeness (QED) is 0.553. The molecule has 5 atom stereocenters. The van der Waals surface area contributed by atoms with E-state index in [1.54, 1.807) is 6.92 Å². The number of cyclic esters (lactones) is 1. The molecule has 0 aromatic rings. The van der Waals surface area contributed by atoms with Crippen LogP contribution in [0.4, 0.5) is 0 Å². The van der Waals surface area contributed by atoms with Gasteiger partial charge in [0, 0.05) is 11.5 Å². The van der Waals surface area contributed by atoms with Gasteiger partial charge in [0.15, 0.2) is 0 Å². The van der Waals surface area contributed by atoms with Gasteiger partial charge >= 0.3 is 11.9 Å². The normalized spacial score (nSPS) is 41.2. The first kappa shape index (κ1) is 11.8. The lowest BCUT2D eigenvalue weighted by Gasteiger charge is -2.36. The SMILES string of the molecule is C=C(C)C(=O)OC1CC2CC1C1C(=O)OCCC21. The average molecular weight is 250 g/mol. The highest BCUT2D eigenvalue weighted by molar-refractivity contribution is 5.87. The lowest BCUT2D eigenvalue weighted by molar-refractivity contribution is -0.167. The van der Waals surface area contributed by atoms with E-state index in [-0.39, 0.29) is 29.9 Å². The molecule has 1 saturated heterocycles. The largest absolute Gasteiger partial charge is 0.465 e. The third-order valence-corrected chi connectivity index (χ3v) is 4.69. The molecule has 3 aliphatic rings. The van der Waals surface area contributed by atoms with E-state index >= 15 is 0 Å². The summed E-state index contributed by atoms with van der Waals surface area (Å²) in [7, 11) is 0. The Hall–Kier alpha value is -1.32. The van der Waals surface area contributed by atoms with Crippen LogP contribution in [0.5, 0.6) is 0 Å². The smallest absolute Gasteiger partial charge is 0.333 e. The van der Waals surface area contributed by atoms with E-state index in [1.807, 2.05) is 0 Å². The van der Waals surface area contributed by atoms with E-state index in [2.05, 4.69) is 6.58 Å². The van der Waals surface area contributed by atoms with Crippen LogP contribution in [0.25, 0.3) is 0 Å². The number of carbonyl (C=O) groups excluding carboxylic acids is 2. The summed E-state index contributed by atoms with van der Waals surface area (Å²) in [6, 6.07) is 0. The molecular weight excluding hydrogens is 232 g/mol. The summed E-state index contributed by atoms with van der Waals surface area (Å²) in [5.41, 5.74) is 0.417. The fourth-order valence-electron chi connectivity index (χ4n) is 3.94. The van der Waals surface area contributed by atoms with Crippen molar-refractivity contribution in [1.82, 2.24) is 0 Å². The summed E-state index contributed by atoms with van der Waals surface area (Å²) in [6.07, 6.45) is 2.75. The third kappa shape index (κ3) is 1.66. The Morgan fingerprint density at radius 3 is 2.89 bits per heavy atom. The number of ether oxygens (including phenoxy) is 2. The van der Waals surface area contributed by atoms with Crippen molar-refractivity contribution >= 4 is 11.9 Å². The molecule has 0 aromatic heterocycles. The Bertz CT molecular complexity index is 414. The number of carbonyl (C=O) groups is 2. The summed E-state index contributed by atoms with van der Waals surface area (Å²) in [4.78, 5) is 23.4. The van der Waals surface area contributed by atoms with Crippen LogP contribution < -0.4 is 0 Å². The molecule has 4 nitrogen and oxygen atoms in total. The molecule has 0 spiro atoms. The molecule has 1 heterocycles. The predicted octanol–water partition coefficient (Wildman–Crippen LogP) is 1.69. The van der Waals surface area contributed by atoms with Crippen LogP contribution in [0.1, 0.15) is 26.2 Å². The molecular formula is C14H18O4. The van der Waals surface area contributed by atoms with E-state index in [4.69, 9.17) is 9.47 Å². The molecule has 2 saturated carbocycles. The van der Waals surface area contributed by atoms with Gasteiger partial charge in [0.05, 0.1) is 12.5 Å². The topological polar surface area (TPSA) is 52.6 Å². The van der Waals surface area contributed by atoms with Crippen LogP contribution >= 0.6 is 0 Å². The molecule has 2 aliphatic carbocycles. The van der Waals surface area contributed by atoms with Crippen molar-refractivity contribution in [2.24, 2.45) is 23.7 Å². The molecule has 3 rings (SSSR count). The van der Waals surface area contributed by atoms with E-state index < -0.39 is 0 Å². The van der Waals surface area contributed by atoms with Gasteiger partial charge in [-0.3, -0.25) is 4.79 Å². The lowest BCUT2D eigenvalue weighted by atomic mass is 9.75. The van der Waals surface area contributed by atoms with E-state index in [1.165, 1.54) is 0 Å². The van der Waals surface area contributed by atoms with Crippen molar-refractivity contribution in [3.63, 3.8) is 0 Å². The third-order valence-electron chi connectivity index (χ3n) is 4.69. The van der Waals surface area contributed by atoms with Crippen molar-refractivity contribution in [1.29, 1.82) is 0 Å². The van der Waals surface area contributed by atoms with Gasteiger partial charge in [0.25, 0.3) is 0 Å². The first-order valence-corrected chi connectivity index (χ1v) is 6.61. The average Bonchev–Trinajstić information content (AvgIpc) is 2.87. The highest BCUT2D eigenvalue weighted by atomic mass is 16.5. The number of hydrogen-bond donors (Lipinski definition) is 0. The highest BCUT2D eigenvalue weighted by Crippen LogP contribution is 2.56. The standard InChI is InChI=1S/C14H18O4/c1-7(2)13(15)18-11-6-8-5-10(11)12-9(8)3-4-17-14(12)16/h8-12H,1,3-6H2,2H3. The first-order chi connectivity index (χ1) is 8.58. The van der Waals surface area contributed by atoms with Gasteiger partial charge in [-0.25, -0.2) is 4.79 Å². The molecule has 4 heteroatoms. The summed E-state index contributed by atoms with van der Waals surface area (Å²) < 4.78 is 10.6. The van der Waals surface area contributed by atoms with Crippen LogP contribution in [0, 0.1) is 23.7 Å². The van der Waals surface area contributed by atoms with Crippen LogP contribution in [0.2, 0.25) is 0 Å². The van der Waals surface area contributed by atoms with E-state index in [9.17, 15) is 9.59 Å². The van der Waals surface area contributed by atoms with Crippen LogP contribution in [0.3, 0.4) is 0 Å². The Kier molecular flexibility index (Phi) is 2.68. The summed E-state index contributed by atoms with van der Waals surface area (Å²) in [5.74, 6) is 0.673. The van der Waals surface area contributed by atoms with Gasteiger partial charge in [-0.2, -0.15) is 0 Å². The number of fused-ring (bicyclic) bond motifs is 5. The molecule has 0 amide bonds. The van der Waals surface area contributed by atoms with Crippen molar-refractivity contribution < 1.29 is 19.1 Å². The fourth-order valence-corrected chi connectivity index (χ4v) is 3.94. The van der Waals surface area contributed by atoms with Crippen LogP contribution in [-0.4, -0.2) is 24.6 Å². The van der Waals surface area contributed by atoms with Gasteiger partial charge in [-0.15, -0.1) is 0 Å². The summed E-state index contributed by atoms with van der Waals surface area (Å²) >= 11 is 0. The zero-order chi connectivity index (χ0) is 12.9. The Morgan fingerprint density at radius 1 is 1.39 bits per heavy atom. The lowest BCUT2D eigenvalue weighted by Crippen LogP contribution is -2.42. The van der Waals surface area contributed by atoms with Gasteiger partial charge in [-0.05, 0) is 38.0 Å². The highest BCUT2D eigenvalue weighted by Gasteiger charge is 2.58. The van der Waals surface area contributed by atoms with Crippen LogP contribution in [0.15, 0.2) is 12.2 Å². The molecule has 0 aromatic carbocycles. The molecule has 0 radical (unpaired) electrons. The summed E-state index contributed by atoms with van der Waals surface area (Å²) in [5, 5.41) is 0. The zero-order valence-electron chi connectivity index (χ0n) is 10.6. The van der Waals surface area contributed by atoms with Crippen molar-refractivity contribution in [2.75, 3.05) is 6.61 Å². The second kappa shape index (κ2) is 4.11. The molecule has 1 aliphatic heterocycles. The minimum absolute atomic E-state index is 0.0413. The Balaban J connectivity index is 1.73. The first-order valence-electron chi connectivity index (χ1n) is 6.61. The van der Waals surface area contributed by atoms with Gasteiger partial charge in [0.2, 0.25) is 0 Å². The van der Waals surface area contributed by atoms with Crippen molar-refractivity contribution in [2.45, 2.75) is 32.3 Å². The monoisotopic (exact) mass is 250 g/mol. The van der Waals surface area contributed by atoms with Crippen LogP contribution in [-0.2, 0) is 19.1 Å². The number of rotatable bonds is 2. The maximum atomic E-state index is 11.9. The Morgan fingerprint density at radius 2 is 2.17 bits per heavy atom. The minimum Gasteiger partial charge on any atom is -0.465 e. The predicted molar refractivity (Wildman–Crippen MR) is 63.5 cm³/mol. The Labute approximate surface area is 106 Å². The van der Waals surface area contributed by atoms with E-state index in [0.29, 0.717) is 24.0 Å². The second-order valence-electron chi connectivity index (χ2n) is 5.77. The molecule has 5 unspecified atom stereocenters. The number of hydrogen-bond acceptors (Lipinski definition) is 4. The maximum Gasteiger partial charge on any atom is 0.333 e. The van der Waals surface area contributed by atoms with Gasteiger partial charge < -0.3 is 9.47 Å². The molecule has 18 heavy (non-hydrogen) atoms. The minimum atomic E-state index is -0.340. The fraction of sp³-hybridized carbons (Fsp3) is 0.714. The molecule has 0 N–H and O–H groups in total. The summed E-state index contributed by atoms with van der Waals surface area (Å²) in [6.45, 7) is 5.79. The van der Waals surface area contributed by atoms with E-state index in [0.717, 1.165) is 19.3 Å². The van der Waals surface area contributed by atoms with Crippen molar-refractivity contribution in [3.05, 3.63) is 12.2 Å². The van der Waals surface area contributed by atoms with Gasteiger partial charge in [0.1, 0.15) is 6.10 Å². The molecule has 98 valence electrons. The maximum absolute atomic E-state index is 11.9. The van der Waals surface area contributed by atoms with Gasteiger partial charge in [-0.1, -0.05) is 6.58 Å². The second-order valence-corrected chi connectivity index (χ2v) is 5.77. The molecule has 3 fully saturated rings.